The van der Waals surface area contributed by atoms with Crippen molar-refractivity contribution in [3.05, 3.63) is 16.6 Å². The average molecular weight is 183 g/mol. The van der Waals surface area contributed by atoms with E-state index >= 15 is 0 Å². The second kappa shape index (κ2) is 5.31. The molecule has 2 heteroatoms. The van der Waals surface area contributed by atoms with Gasteiger partial charge in [0.15, 0.2) is 0 Å². The molecule has 0 fully saturated rings. The van der Waals surface area contributed by atoms with E-state index in [-0.39, 0.29) is 0 Å². The molecule has 1 heterocycles. The Hall–Kier alpha value is -0.370. The highest BCUT2D eigenvalue weighted by Crippen LogP contribution is 2.24. The van der Waals surface area contributed by atoms with E-state index in [1.165, 1.54) is 30.6 Å². The smallest absolute Gasteiger partial charge is 0.0794 e. The fraction of sp³-hybridized carbons (Fsp3) is 0.700. The second-order valence-electron chi connectivity index (χ2n) is 3.30. The van der Waals surface area contributed by atoms with E-state index in [1.807, 2.05) is 11.7 Å². The Kier molecular flexibility index (Phi) is 4.30. The average Bonchev–Trinajstić information content (AvgIpc) is 2.56. The number of hydrogen-bond acceptors (Lipinski definition) is 2. The molecule has 0 amide bonds. The van der Waals surface area contributed by atoms with Gasteiger partial charge in [0.2, 0.25) is 0 Å². The van der Waals surface area contributed by atoms with E-state index in [1.54, 1.807) is 11.3 Å². The minimum atomic E-state index is 0.712. The molecule has 0 aliphatic carbocycles. The van der Waals surface area contributed by atoms with Crippen LogP contribution in [0.2, 0.25) is 0 Å². The van der Waals surface area contributed by atoms with E-state index in [4.69, 9.17) is 0 Å². The van der Waals surface area contributed by atoms with Gasteiger partial charge in [-0.25, -0.2) is 0 Å². The predicted octanol–water partition coefficient (Wildman–Crippen LogP) is 3.83. The molecular weight excluding hydrogens is 166 g/mol. The molecule has 0 radical (unpaired) electrons. The Balaban J connectivity index is 2.25. The molecule has 0 aliphatic heterocycles. The zero-order chi connectivity index (χ0) is 8.81. The maximum absolute atomic E-state index is 4.09. The van der Waals surface area contributed by atoms with Gasteiger partial charge < -0.3 is 0 Å². The van der Waals surface area contributed by atoms with Crippen LogP contribution in [-0.4, -0.2) is 4.98 Å². The van der Waals surface area contributed by atoms with Crippen LogP contribution in [-0.2, 0) is 0 Å². The lowest BCUT2D eigenvalue weighted by Gasteiger charge is -2.06. The summed E-state index contributed by atoms with van der Waals surface area (Å²) >= 11 is 1.78. The second-order valence-corrected chi connectivity index (χ2v) is 4.22. The fourth-order valence-electron chi connectivity index (χ4n) is 1.31. The first-order chi connectivity index (χ1) is 5.84. The number of aromatic nitrogens is 1. The van der Waals surface area contributed by atoms with Crippen LogP contribution < -0.4 is 0 Å². The summed E-state index contributed by atoms with van der Waals surface area (Å²) in [5.74, 6) is 0.712. The van der Waals surface area contributed by atoms with Crippen molar-refractivity contribution in [1.82, 2.24) is 4.98 Å². The first-order valence-corrected chi connectivity index (χ1v) is 5.61. The number of hydrogen-bond donors (Lipinski definition) is 0. The van der Waals surface area contributed by atoms with Gasteiger partial charge in [0.1, 0.15) is 0 Å². The van der Waals surface area contributed by atoms with Crippen molar-refractivity contribution in [3.8, 4) is 0 Å². The zero-order valence-corrected chi connectivity index (χ0v) is 8.73. The van der Waals surface area contributed by atoms with Gasteiger partial charge in [-0.05, 0) is 12.3 Å². The molecule has 1 atom stereocenters. The lowest BCUT2D eigenvalue weighted by molar-refractivity contribution is 0.603. The third-order valence-corrected chi connectivity index (χ3v) is 3.18. The van der Waals surface area contributed by atoms with Crippen molar-refractivity contribution in [1.29, 1.82) is 0 Å². The van der Waals surface area contributed by atoms with Crippen LogP contribution in [0, 0.1) is 0 Å². The van der Waals surface area contributed by atoms with Crippen molar-refractivity contribution in [2.75, 3.05) is 0 Å². The molecule has 1 rings (SSSR count). The molecule has 1 aromatic rings. The molecule has 1 unspecified atom stereocenters. The lowest BCUT2D eigenvalue weighted by atomic mass is 10.0. The van der Waals surface area contributed by atoms with E-state index in [2.05, 4.69) is 18.8 Å². The summed E-state index contributed by atoms with van der Waals surface area (Å²) in [5, 5.41) is 0. The Labute approximate surface area is 78.8 Å². The third-order valence-electron chi connectivity index (χ3n) is 2.18. The Bertz CT molecular complexity index is 194. The largest absolute Gasteiger partial charge is 0.253 e. The van der Waals surface area contributed by atoms with Crippen LogP contribution in [0.25, 0.3) is 0 Å². The number of rotatable bonds is 5. The molecule has 0 bridgehead atoms. The van der Waals surface area contributed by atoms with Gasteiger partial charge in [0.05, 0.1) is 5.51 Å². The molecule has 0 saturated heterocycles. The molecule has 0 aromatic carbocycles. The van der Waals surface area contributed by atoms with Crippen LogP contribution in [0.1, 0.15) is 50.3 Å². The quantitative estimate of drug-likeness (QED) is 0.632. The van der Waals surface area contributed by atoms with Gasteiger partial charge in [-0.2, -0.15) is 0 Å². The van der Waals surface area contributed by atoms with Gasteiger partial charge in [-0.3, -0.25) is 4.98 Å². The van der Waals surface area contributed by atoms with Crippen LogP contribution in [0.3, 0.4) is 0 Å². The van der Waals surface area contributed by atoms with E-state index < -0.39 is 0 Å². The summed E-state index contributed by atoms with van der Waals surface area (Å²) in [5.41, 5.74) is 1.92. The standard InChI is InChI=1S/C10H17NS/c1-3-4-5-6-9(2)10-7-11-8-12-10/h7-9H,3-6H2,1-2H3. The molecular formula is C10H17NS. The zero-order valence-electron chi connectivity index (χ0n) is 7.92. The third kappa shape index (κ3) is 2.94. The van der Waals surface area contributed by atoms with Crippen LogP contribution >= 0.6 is 11.3 Å². The Morgan fingerprint density at radius 1 is 1.50 bits per heavy atom. The maximum atomic E-state index is 4.09. The van der Waals surface area contributed by atoms with Crippen LogP contribution in [0.15, 0.2) is 11.7 Å². The van der Waals surface area contributed by atoms with Gasteiger partial charge in [-0.1, -0.05) is 33.1 Å². The minimum absolute atomic E-state index is 0.712. The number of nitrogens with zero attached hydrogens (tertiary/aromatic N) is 1. The summed E-state index contributed by atoms with van der Waals surface area (Å²) in [6.45, 7) is 4.54. The maximum Gasteiger partial charge on any atom is 0.0794 e. The Morgan fingerprint density at radius 3 is 2.92 bits per heavy atom. The molecule has 68 valence electrons. The van der Waals surface area contributed by atoms with E-state index in [0.717, 1.165) is 0 Å². The predicted molar refractivity (Wildman–Crippen MR) is 54.7 cm³/mol. The summed E-state index contributed by atoms with van der Waals surface area (Å²) in [6.07, 6.45) is 7.35. The first kappa shape index (κ1) is 9.72. The summed E-state index contributed by atoms with van der Waals surface area (Å²) in [6, 6.07) is 0. The molecule has 0 N–H and O–H groups in total. The van der Waals surface area contributed by atoms with E-state index in [0.29, 0.717) is 5.92 Å². The van der Waals surface area contributed by atoms with Crippen molar-refractivity contribution in [2.24, 2.45) is 0 Å². The minimum Gasteiger partial charge on any atom is -0.253 e. The van der Waals surface area contributed by atoms with Gasteiger partial charge in [0, 0.05) is 11.1 Å². The van der Waals surface area contributed by atoms with Crippen LogP contribution in [0.4, 0.5) is 0 Å². The lowest BCUT2D eigenvalue weighted by Crippen LogP contribution is -1.89. The molecule has 0 spiro atoms. The first-order valence-electron chi connectivity index (χ1n) is 4.73. The van der Waals surface area contributed by atoms with Gasteiger partial charge in [0.25, 0.3) is 0 Å². The molecule has 1 aromatic heterocycles. The van der Waals surface area contributed by atoms with E-state index in [9.17, 15) is 0 Å². The van der Waals surface area contributed by atoms with Gasteiger partial charge >= 0.3 is 0 Å². The van der Waals surface area contributed by atoms with Crippen LogP contribution in [0.5, 0.6) is 0 Å². The van der Waals surface area contributed by atoms with Crippen molar-refractivity contribution in [2.45, 2.75) is 45.4 Å². The topological polar surface area (TPSA) is 12.9 Å². The van der Waals surface area contributed by atoms with Crippen molar-refractivity contribution < 1.29 is 0 Å². The van der Waals surface area contributed by atoms with Gasteiger partial charge in [-0.15, -0.1) is 11.3 Å². The number of thiazole rings is 1. The Morgan fingerprint density at radius 2 is 2.33 bits per heavy atom. The molecule has 0 saturated carbocycles. The number of unbranched alkanes of at least 4 members (excludes halogenated alkanes) is 2. The summed E-state index contributed by atoms with van der Waals surface area (Å²) < 4.78 is 0. The monoisotopic (exact) mass is 183 g/mol. The van der Waals surface area contributed by atoms with Crippen molar-refractivity contribution in [3.63, 3.8) is 0 Å². The molecule has 1 nitrogen and oxygen atoms in total. The highest BCUT2D eigenvalue weighted by Gasteiger charge is 2.05. The highest BCUT2D eigenvalue weighted by molar-refractivity contribution is 7.09. The van der Waals surface area contributed by atoms with Crippen molar-refractivity contribution >= 4 is 11.3 Å². The highest BCUT2D eigenvalue weighted by atomic mass is 32.1. The fourth-order valence-corrected chi connectivity index (χ4v) is 2.03. The SMILES string of the molecule is CCCCCC(C)c1cncs1. The summed E-state index contributed by atoms with van der Waals surface area (Å²) in [7, 11) is 0. The molecule has 0 aliphatic rings. The summed E-state index contributed by atoms with van der Waals surface area (Å²) in [4.78, 5) is 5.53. The normalized spacial score (nSPS) is 13.2. The molecule has 12 heavy (non-hydrogen) atoms.